The number of ether oxygens (including phenoxy) is 1. The number of aromatic nitrogens is 3. The number of halogens is 1. The predicted molar refractivity (Wildman–Crippen MR) is 128 cm³/mol. The molecule has 2 N–H and O–H groups in total. The molecule has 1 unspecified atom stereocenters. The Morgan fingerprint density at radius 3 is 2.60 bits per heavy atom. The Hall–Kier alpha value is -1.76. The summed E-state index contributed by atoms with van der Waals surface area (Å²) < 4.78 is 10.3. The molecule has 0 aromatic carbocycles. The zero-order chi connectivity index (χ0) is 21.4. The second kappa shape index (κ2) is 12.8. The van der Waals surface area contributed by atoms with Gasteiger partial charge in [-0.2, -0.15) is 4.98 Å². The van der Waals surface area contributed by atoms with Crippen LogP contribution in [0.25, 0.3) is 0 Å². The molecular weight excluding hydrogens is 519 g/mol. The number of guanidine groups is 1. The second-order valence-corrected chi connectivity index (χ2v) is 7.80. The van der Waals surface area contributed by atoms with Crippen molar-refractivity contribution in [3.63, 3.8) is 0 Å². The number of carbonyl (C=O) groups is 1. The summed E-state index contributed by atoms with van der Waals surface area (Å²) in [7, 11) is 0. The molecule has 0 aliphatic carbocycles. The van der Waals surface area contributed by atoms with Crippen LogP contribution in [0.3, 0.4) is 0 Å². The molecular formula is C19H31IN6O3S. The van der Waals surface area contributed by atoms with E-state index in [2.05, 4.69) is 30.8 Å². The first kappa shape index (κ1) is 26.3. The van der Waals surface area contributed by atoms with Gasteiger partial charge >= 0.3 is 5.97 Å². The van der Waals surface area contributed by atoms with E-state index >= 15 is 0 Å². The molecule has 1 atom stereocenters. The third-order valence-electron chi connectivity index (χ3n) is 3.94. The molecule has 2 heterocycles. The number of hydrogen-bond donors (Lipinski definition) is 2. The molecule has 11 heteroatoms. The number of carbonyl (C=O) groups excluding carboxylic acids is 1. The molecule has 9 nitrogen and oxygen atoms in total. The first-order valence-electron chi connectivity index (χ1n) is 9.87. The summed E-state index contributed by atoms with van der Waals surface area (Å²) in [4.78, 5) is 26.0. The third kappa shape index (κ3) is 7.49. The summed E-state index contributed by atoms with van der Waals surface area (Å²) in [6.45, 7) is 13.2. The van der Waals surface area contributed by atoms with Crippen molar-refractivity contribution in [2.75, 3.05) is 19.7 Å². The Morgan fingerprint density at radius 2 is 2.00 bits per heavy atom. The van der Waals surface area contributed by atoms with E-state index in [0.29, 0.717) is 47.8 Å². The van der Waals surface area contributed by atoms with E-state index in [1.165, 1.54) is 11.3 Å². The highest BCUT2D eigenvalue weighted by Crippen LogP contribution is 2.24. The van der Waals surface area contributed by atoms with Crippen molar-refractivity contribution < 1.29 is 14.1 Å². The Labute approximate surface area is 198 Å². The van der Waals surface area contributed by atoms with Gasteiger partial charge < -0.3 is 19.9 Å². The van der Waals surface area contributed by atoms with Gasteiger partial charge in [-0.05, 0) is 27.7 Å². The lowest BCUT2D eigenvalue weighted by Gasteiger charge is -2.15. The third-order valence-corrected chi connectivity index (χ3v) is 5.26. The van der Waals surface area contributed by atoms with Crippen molar-refractivity contribution in [1.29, 1.82) is 0 Å². The van der Waals surface area contributed by atoms with E-state index in [9.17, 15) is 4.79 Å². The molecule has 168 valence electrons. The van der Waals surface area contributed by atoms with Gasteiger partial charge in [0, 0.05) is 18.9 Å². The minimum Gasteiger partial charge on any atom is -0.462 e. The smallest absolute Gasteiger partial charge is 0.350 e. The number of thiazole rings is 1. The minimum absolute atomic E-state index is 0. The number of hydrogen-bond acceptors (Lipinski definition) is 8. The fourth-order valence-corrected chi connectivity index (χ4v) is 3.41. The number of aryl methyl sites for hydroxylation is 1. The fraction of sp³-hybridized carbons (Fsp3) is 0.632. The monoisotopic (exact) mass is 550 g/mol. The van der Waals surface area contributed by atoms with Crippen LogP contribution in [0, 0.1) is 6.92 Å². The Bertz CT molecular complexity index is 836. The molecule has 2 aromatic heterocycles. The summed E-state index contributed by atoms with van der Waals surface area (Å²) in [6.07, 6.45) is 0.564. The summed E-state index contributed by atoms with van der Waals surface area (Å²) in [5, 5.41) is 11.3. The highest BCUT2D eigenvalue weighted by Gasteiger charge is 2.20. The van der Waals surface area contributed by atoms with E-state index in [1.807, 2.05) is 34.6 Å². The van der Waals surface area contributed by atoms with Gasteiger partial charge in [-0.25, -0.2) is 9.78 Å². The normalized spacial score (nSPS) is 12.4. The summed E-state index contributed by atoms with van der Waals surface area (Å²) in [6, 6.07) is -0.115. The zero-order valence-corrected chi connectivity index (χ0v) is 21.5. The molecule has 2 rings (SSSR count). The van der Waals surface area contributed by atoms with E-state index in [0.717, 1.165) is 11.6 Å². The fourth-order valence-electron chi connectivity index (χ4n) is 2.44. The maximum Gasteiger partial charge on any atom is 0.350 e. The van der Waals surface area contributed by atoms with Crippen molar-refractivity contribution in [3.8, 4) is 0 Å². The summed E-state index contributed by atoms with van der Waals surface area (Å²) in [5.41, 5.74) is 0.677. The van der Waals surface area contributed by atoms with Crippen LogP contribution in [0.1, 0.15) is 78.7 Å². The molecule has 0 amide bonds. The van der Waals surface area contributed by atoms with Gasteiger partial charge in [0.1, 0.15) is 9.88 Å². The first-order valence-corrected chi connectivity index (χ1v) is 10.7. The number of nitrogens with one attached hydrogen (secondary N) is 2. The molecule has 0 saturated carbocycles. The molecule has 0 aliphatic rings. The number of nitrogens with zero attached hydrogens (tertiary/aromatic N) is 4. The van der Waals surface area contributed by atoms with Crippen LogP contribution in [0.5, 0.6) is 0 Å². The van der Waals surface area contributed by atoms with Crippen molar-refractivity contribution in [3.05, 3.63) is 27.3 Å². The van der Waals surface area contributed by atoms with Gasteiger partial charge in [-0.3, -0.25) is 4.99 Å². The lowest BCUT2D eigenvalue weighted by Crippen LogP contribution is -2.38. The molecule has 0 spiro atoms. The van der Waals surface area contributed by atoms with Gasteiger partial charge in [0.25, 0.3) is 0 Å². The first-order chi connectivity index (χ1) is 13.8. The van der Waals surface area contributed by atoms with Gasteiger partial charge in [0.05, 0.1) is 24.9 Å². The molecule has 0 saturated heterocycles. The van der Waals surface area contributed by atoms with Gasteiger partial charge in [-0.1, -0.05) is 19.0 Å². The van der Waals surface area contributed by atoms with Crippen LogP contribution in [-0.2, 0) is 11.2 Å². The van der Waals surface area contributed by atoms with Crippen LogP contribution in [-0.4, -0.2) is 46.7 Å². The van der Waals surface area contributed by atoms with Crippen LogP contribution in [0.15, 0.2) is 9.52 Å². The van der Waals surface area contributed by atoms with Gasteiger partial charge in [0.2, 0.25) is 5.89 Å². The number of rotatable bonds is 9. The lowest BCUT2D eigenvalue weighted by atomic mass is 10.2. The summed E-state index contributed by atoms with van der Waals surface area (Å²) >= 11 is 1.34. The van der Waals surface area contributed by atoms with Crippen molar-refractivity contribution in [2.45, 2.75) is 59.9 Å². The van der Waals surface area contributed by atoms with E-state index in [1.54, 1.807) is 6.92 Å². The Kier molecular flexibility index (Phi) is 11.2. The Morgan fingerprint density at radius 1 is 1.27 bits per heavy atom. The number of esters is 1. The largest absolute Gasteiger partial charge is 0.462 e. The van der Waals surface area contributed by atoms with Crippen LogP contribution >= 0.6 is 35.3 Å². The minimum atomic E-state index is -0.332. The average molecular weight is 550 g/mol. The van der Waals surface area contributed by atoms with E-state index < -0.39 is 0 Å². The van der Waals surface area contributed by atoms with Gasteiger partial charge in [-0.15, -0.1) is 35.3 Å². The quantitative estimate of drug-likeness (QED) is 0.211. The van der Waals surface area contributed by atoms with Crippen LogP contribution in [0.2, 0.25) is 0 Å². The highest BCUT2D eigenvalue weighted by molar-refractivity contribution is 14.0. The lowest BCUT2D eigenvalue weighted by molar-refractivity contribution is 0.0531. The van der Waals surface area contributed by atoms with Crippen LogP contribution in [0.4, 0.5) is 0 Å². The van der Waals surface area contributed by atoms with Crippen molar-refractivity contribution in [1.82, 2.24) is 25.8 Å². The molecule has 30 heavy (non-hydrogen) atoms. The Balaban J connectivity index is 0.00000450. The van der Waals surface area contributed by atoms with Crippen molar-refractivity contribution >= 4 is 47.2 Å². The predicted octanol–water partition coefficient (Wildman–Crippen LogP) is 3.61. The molecule has 0 bridgehead atoms. The molecule has 0 radical (unpaired) electrons. The van der Waals surface area contributed by atoms with Gasteiger partial charge in [0.15, 0.2) is 11.8 Å². The standard InChI is InChI=1S/C19H30N6O3S.HI/c1-7-20-19(21-10-9-14-24-16(11(3)4)25-28-14)23-13(6)17-22-12(5)15(29-17)18(26)27-8-2;/h11,13H,7-10H2,1-6H3,(H2,20,21,23);1H. The molecule has 0 fully saturated rings. The zero-order valence-electron chi connectivity index (χ0n) is 18.3. The molecule has 0 aliphatic heterocycles. The molecule has 2 aromatic rings. The second-order valence-electron chi connectivity index (χ2n) is 6.76. The maximum atomic E-state index is 12.0. The summed E-state index contributed by atoms with van der Waals surface area (Å²) in [5.74, 6) is 1.85. The number of aliphatic imine (C=N–C) groups is 1. The highest BCUT2D eigenvalue weighted by atomic mass is 127. The average Bonchev–Trinajstić information content (AvgIpc) is 3.29. The van der Waals surface area contributed by atoms with E-state index in [-0.39, 0.29) is 41.9 Å². The maximum absolute atomic E-state index is 12.0. The topological polar surface area (TPSA) is 115 Å². The van der Waals surface area contributed by atoms with Crippen LogP contribution < -0.4 is 10.6 Å². The van der Waals surface area contributed by atoms with E-state index in [4.69, 9.17) is 9.26 Å². The SMILES string of the molecule is CCNC(=NCCc1nc(C(C)C)no1)NC(C)c1nc(C)c(C(=O)OCC)s1.I. The van der Waals surface area contributed by atoms with Crippen molar-refractivity contribution in [2.24, 2.45) is 4.99 Å².